The van der Waals surface area contributed by atoms with Crippen molar-refractivity contribution in [3.63, 3.8) is 0 Å². The molecule has 0 aromatic heterocycles. The summed E-state index contributed by atoms with van der Waals surface area (Å²) in [5, 5.41) is 12.8. The number of rotatable bonds is 14. The third-order valence-electron chi connectivity index (χ3n) is 4.05. The van der Waals surface area contributed by atoms with Crippen LogP contribution in [0.5, 0.6) is 0 Å². The first-order chi connectivity index (χ1) is 11.3. The second-order valence-electron chi connectivity index (χ2n) is 6.96. The average molecular weight is 347 g/mol. The molecule has 2 N–H and O–H groups in total. The minimum atomic E-state index is -0.449. The largest absolute Gasteiger partial charge is 0.450 e. The highest BCUT2D eigenvalue weighted by Crippen LogP contribution is 2.19. The van der Waals surface area contributed by atoms with Crippen LogP contribution in [-0.2, 0) is 9.47 Å². The van der Waals surface area contributed by atoms with E-state index < -0.39 is 6.10 Å². The van der Waals surface area contributed by atoms with Gasteiger partial charge in [-0.25, -0.2) is 4.79 Å². The van der Waals surface area contributed by atoms with Crippen molar-refractivity contribution < 1.29 is 19.4 Å². The Balaban J connectivity index is 3.95. The van der Waals surface area contributed by atoms with Crippen LogP contribution in [0.1, 0.15) is 53.9 Å². The van der Waals surface area contributed by atoms with E-state index in [-0.39, 0.29) is 11.5 Å². The van der Waals surface area contributed by atoms with Crippen LogP contribution in [0.2, 0.25) is 0 Å². The molecule has 0 fully saturated rings. The smallest absolute Gasteiger partial charge is 0.407 e. The zero-order valence-corrected chi connectivity index (χ0v) is 16.3. The molecule has 0 saturated heterocycles. The van der Waals surface area contributed by atoms with Crippen molar-refractivity contribution in [1.29, 1.82) is 0 Å². The van der Waals surface area contributed by atoms with E-state index in [0.29, 0.717) is 32.8 Å². The first-order valence-corrected chi connectivity index (χ1v) is 9.23. The molecule has 0 bridgehead atoms. The Bertz CT molecular complexity index is 324. The highest BCUT2D eigenvalue weighted by atomic mass is 16.5. The van der Waals surface area contributed by atoms with Crippen LogP contribution in [-0.4, -0.2) is 68.2 Å². The topological polar surface area (TPSA) is 71.0 Å². The number of alkyl carbamates (subject to hydrolysis) is 1. The number of aliphatic hydroxyl groups is 1. The summed E-state index contributed by atoms with van der Waals surface area (Å²) < 4.78 is 10.5. The van der Waals surface area contributed by atoms with Gasteiger partial charge in [-0.3, -0.25) is 0 Å². The minimum absolute atomic E-state index is 0.159. The van der Waals surface area contributed by atoms with E-state index in [0.717, 1.165) is 32.5 Å². The number of nitrogens with one attached hydrogen (secondary N) is 1. The molecule has 144 valence electrons. The number of carbonyl (C=O) groups is 1. The zero-order chi connectivity index (χ0) is 18.4. The predicted octanol–water partition coefficient (Wildman–Crippen LogP) is 2.65. The van der Waals surface area contributed by atoms with Crippen LogP contribution >= 0.6 is 0 Å². The summed E-state index contributed by atoms with van der Waals surface area (Å²) in [6.07, 6.45) is 1.94. The van der Waals surface area contributed by atoms with Crippen molar-refractivity contribution >= 4 is 6.09 Å². The Morgan fingerprint density at radius 2 is 1.92 bits per heavy atom. The van der Waals surface area contributed by atoms with Crippen molar-refractivity contribution in [2.45, 2.75) is 60.0 Å². The number of nitrogens with zero attached hydrogens (tertiary/aromatic N) is 1. The summed E-state index contributed by atoms with van der Waals surface area (Å²) in [6, 6.07) is 0. The molecule has 0 aliphatic rings. The van der Waals surface area contributed by atoms with Gasteiger partial charge in [0.05, 0.1) is 25.9 Å². The van der Waals surface area contributed by atoms with Gasteiger partial charge in [0, 0.05) is 19.6 Å². The maximum atomic E-state index is 11.3. The van der Waals surface area contributed by atoms with E-state index in [1.54, 1.807) is 6.92 Å². The van der Waals surface area contributed by atoms with Gasteiger partial charge in [0.2, 0.25) is 0 Å². The number of aliphatic hydroxyl groups excluding tert-OH is 1. The lowest BCUT2D eigenvalue weighted by atomic mass is 9.92. The fraction of sp³-hybridized carbons (Fsp3) is 0.944. The van der Waals surface area contributed by atoms with Gasteiger partial charge in [0.25, 0.3) is 0 Å². The fourth-order valence-corrected chi connectivity index (χ4v) is 2.14. The Hall–Kier alpha value is -0.850. The van der Waals surface area contributed by atoms with E-state index in [4.69, 9.17) is 9.47 Å². The lowest BCUT2D eigenvalue weighted by molar-refractivity contribution is -0.00463. The second-order valence-corrected chi connectivity index (χ2v) is 6.96. The third-order valence-corrected chi connectivity index (χ3v) is 4.05. The highest BCUT2D eigenvalue weighted by Gasteiger charge is 2.16. The molecule has 0 aliphatic heterocycles. The number of amides is 1. The van der Waals surface area contributed by atoms with Gasteiger partial charge in [-0.05, 0) is 38.1 Å². The van der Waals surface area contributed by atoms with E-state index >= 15 is 0 Å². The van der Waals surface area contributed by atoms with Gasteiger partial charge in [-0.15, -0.1) is 0 Å². The Morgan fingerprint density at radius 1 is 1.21 bits per heavy atom. The highest BCUT2D eigenvalue weighted by molar-refractivity contribution is 5.66. The normalized spacial score (nSPS) is 13.1. The summed E-state index contributed by atoms with van der Waals surface area (Å²) in [4.78, 5) is 13.5. The summed E-state index contributed by atoms with van der Waals surface area (Å²) in [7, 11) is 0. The van der Waals surface area contributed by atoms with Gasteiger partial charge in [-0.1, -0.05) is 27.7 Å². The molecule has 6 heteroatoms. The number of carbonyl (C=O) groups excluding carboxylic acids is 1. The molecule has 6 nitrogen and oxygen atoms in total. The van der Waals surface area contributed by atoms with Crippen molar-refractivity contribution in [3.05, 3.63) is 0 Å². The van der Waals surface area contributed by atoms with Crippen LogP contribution in [0, 0.1) is 5.41 Å². The van der Waals surface area contributed by atoms with E-state index in [9.17, 15) is 9.90 Å². The maximum absolute atomic E-state index is 11.3. The molecule has 0 saturated carbocycles. The van der Waals surface area contributed by atoms with Crippen LogP contribution in [0.3, 0.4) is 0 Å². The number of hydrogen-bond acceptors (Lipinski definition) is 5. The standard InChI is InChI=1S/C18H38N2O4/c1-6-11-20(13-10-19-17(22)24-8-3)12-9-16(21)14-23-15-18(4,5)7-2/h16,21H,6-15H2,1-5H3,(H,19,22). The van der Waals surface area contributed by atoms with Crippen LogP contribution in [0.25, 0.3) is 0 Å². The molecule has 0 spiro atoms. The maximum Gasteiger partial charge on any atom is 0.407 e. The monoisotopic (exact) mass is 346 g/mol. The summed E-state index contributed by atoms with van der Waals surface area (Å²) in [5.74, 6) is 0. The molecule has 0 aromatic rings. The Morgan fingerprint density at radius 3 is 2.50 bits per heavy atom. The van der Waals surface area contributed by atoms with Gasteiger partial charge in [0.1, 0.15) is 0 Å². The zero-order valence-electron chi connectivity index (χ0n) is 16.3. The van der Waals surface area contributed by atoms with E-state index in [1.165, 1.54) is 0 Å². The van der Waals surface area contributed by atoms with Crippen molar-refractivity contribution in [3.8, 4) is 0 Å². The molecule has 1 unspecified atom stereocenters. The SMILES string of the molecule is CCCN(CCNC(=O)OCC)CCC(O)COCC(C)(C)CC. The summed E-state index contributed by atoms with van der Waals surface area (Å²) in [5.41, 5.74) is 0.159. The van der Waals surface area contributed by atoms with E-state index in [1.807, 2.05) is 0 Å². The van der Waals surface area contributed by atoms with Crippen molar-refractivity contribution in [1.82, 2.24) is 10.2 Å². The molecule has 0 heterocycles. The quantitative estimate of drug-likeness (QED) is 0.506. The number of hydrogen-bond donors (Lipinski definition) is 2. The second kappa shape index (κ2) is 13.4. The lowest BCUT2D eigenvalue weighted by Gasteiger charge is -2.25. The molecular weight excluding hydrogens is 308 g/mol. The molecule has 0 radical (unpaired) electrons. The van der Waals surface area contributed by atoms with Crippen LogP contribution in [0.4, 0.5) is 4.79 Å². The van der Waals surface area contributed by atoms with Crippen molar-refractivity contribution in [2.75, 3.05) is 46.0 Å². The predicted molar refractivity (Wildman–Crippen MR) is 97.3 cm³/mol. The lowest BCUT2D eigenvalue weighted by Crippen LogP contribution is -2.37. The summed E-state index contributed by atoms with van der Waals surface area (Å²) >= 11 is 0. The molecule has 0 aromatic carbocycles. The first kappa shape index (κ1) is 23.1. The fourth-order valence-electron chi connectivity index (χ4n) is 2.14. The Kier molecular flexibility index (Phi) is 13.0. The van der Waals surface area contributed by atoms with E-state index in [2.05, 4.69) is 37.9 Å². The van der Waals surface area contributed by atoms with Crippen LogP contribution in [0.15, 0.2) is 0 Å². The first-order valence-electron chi connectivity index (χ1n) is 9.23. The Labute approximate surface area is 147 Å². The third kappa shape index (κ3) is 12.6. The molecule has 0 aliphatic carbocycles. The minimum Gasteiger partial charge on any atom is -0.450 e. The van der Waals surface area contributed by atoms with Gasteiger partial charge >= 0.3 is 6.09 Å². The number of ether oxygens (including phenoxy) is 2. The van der Waals surface area contributed by atoms with Crippen LogP contribution < -0.4 is 5.32 Å². The van der Waals surface area contributed by atoms with Gasteiger partial charge in [-0.2, -0.15) is 0 Å². The molecule has 1 amide bonds. The average Bonchev–Trinajstić information content (AvgIpc) is 2.52. The van der Waals surface area contributed by atoms with Gasteiger partial charge < -0.3 is 24.8 Å². The molecular formula is C18H38N2O4. The van der Waals surface area contributed by atoms with Gasteiger partial charge in [0.15, 0.2) is 0 Å². The van der Waals surface area contributed by atoms with Crippen molar-refractivity contribution in [2.24, 2.45) is 5.41 Å². The molecule has 0 rings (SSSR count). The molecule has 24 heavy (non-hydrogen) atoms. The summed E-state index contributed by atoms with van der Waals surface area (Å²) in [6.45, 7) is 14.9. The molecule has 1 atom stereocenters.